The number of amides is 1. The van der Waals surface area contributed by atoms with Gasteiger partial charge in [0, 0.05) is 31.0 Å². The van der Waals surface area contributed by atoms with Gasteiger partial charge in [0.1, 0.15) is 0 Å². The summed E-state index contributed by atoms with van der Waals surface area (Å²) < 4.78 is 0. The van der Waals surface area contributed by atoms with Crippen LogP contribution in [0, 0.1) is 5.92 Å². The predicted octanol–water partition coefficient (Wildman–Crippen LogP) is 2.21. The number of nitrogens with zero attached hydrogens (tertiary/aromatic N) is 1. The zero-order valence-electron chi connectivity index (χ0n) is 12.0. The van der Waals surface area contributed by atoms with Gasteiger partial charge in [-0.15, -0.1) is 0 Å². The van der Waals surface area contributed by atoms with Crippen LogP contribution in [0.1, 0.15) is 24.1 Å². The van der Waals surface area contributed by atoms with Gasteiger partial charge in [0.05, 0.1) is 5.92 Å². The molecule has 4 nitrogen and oxygen atoms in total. The Balaban J connectivity index is 1.84. The van der Waals surface area contributed by atoms with Crippen molar-refractivity contribution in [3.8, 4) is 0 Å². The Morgan fingerprint density at radius 2 is 2.29 bits per heavy atom. The number of rotatable bonds is 7. The highest BCUT2D eigenvalue weighted by atomic mass is 32.1. The fraction of sp³-hybridized carbons (Fsp3) is 0.375. The fourth-order valence-corrected chi connectivity index (χ4v) is 2.84. The molecule has 0 aliphatic carbocycles. The molecule has 1 amide bonds. The van der Waals surface area contributed by atoms with Crippen LogP contribution in [-0.4, -0.2) is 29.1 Å². The maximum Gasteiger partial charge on any atom is 0.227 e. The SMILES string of the molecule is CC(C(=O)NCC(CO)Cc1ccccn1)c1ccsc1. The number of nitrogens with one attached hydrogen (secondary N) is 1. The molecule has 0 aromatic carbocycles. The lowest BCUT2D eigenvalue weighted by Crippen LogP contribution is -2.34. The Bertz CT molecular complexity index is 543. The molecule has 0 aliphatic heterocycles. The molecule has 2 heterocycles. The van der Waals surface area contributed by atoms with Crippen LogP contribution in [-0.2, 0) is 11.2 Å². The molecule has 2 N–H and O–H groups in total. The van der Waals surface area contributed by atoms with Crippen molar-refractivity contribution < 1.29 is 9.90 Å². The van der Waals surface area contributed by atoms with Crippen molar-refractivity contribution in [2.24, 2.45) is 5.92 Å². The molecule has 2 atom stereocenters. The third-order valence-corrected chi connectivity index (χ3v) is 4.19. The van der Waals surface area contributed by atoms with E-state index in [9.17, 15) is 9.90 Å². The van der Waals surface area contributed by atoms with Gasteiger partial charge < -0.3 is 10.4 Å². The van der Waals surface area contributed by atoms with Crippen molar-refractivity contribution in [1.82, 2.24) is 10.3 Å². The van der Waals surface area contributed by atoms with E-state index < -0.39 is 0 Å². The van der Waals surface area contributed by atoms with Gasteiger partial charge >= 0.3 is 0 Å². The van der Waals surface area contributed by atoms with Gasteiger partial charge in [-0.1, -0.05) is 6.07 Å². The first-order valence-electron chi connectivity index (χ1n) is 7.01. The number of thiophene rings is 1. The van der Waals surface area contributed by atoms with E-state index in [0.717, 1.165) is 11.3 Å². The summed E-state index contributed by atoms with van der Waals surface area (Å²) in [6.07, 6.45) is 2.39. The normalized spacial score (nSPS) is 13.6. The minimum Gasteiger partial charge on any atom is -0.396 e. The van der Waals surface area contributed by atoms with E-state index in [1.807, 2.05) is 41.9 Å². The lowest BCUT2D eigenvalue weighted by Gasteiger charge is -2.17. The van der Waals surface area contributed by atoms with E-state index in [2.05, 4.69) is 10.3 Å². The van der Waals surface area contributed by atoms with Gasteiger partial charge in [0.25, 0.3) is 0 Å². The first-order valence-corrected chi connectivity index (χ1v) is 7.95. The smallest absolute Gasteiger partial charge is 0.227 e. The topological polar surface area (TPSA) is 62.2 Å². The molecular formula is C16H20N2O2S. The standard InChI is InChI=1S/C16H20N2O2S/c1-12(14-5-7-21-11-14)16(20)18-9-13(10-19)8-15-4-2-3-6-17-15/h2-7,11-13,19H,8-10H2,1H3,(H,18,20). The molecule has 2 aromatic heterocycles. The molecule has 2 aromatic rings. The second-order valence-electron chi connectivity index (χ2n) is 5.10. The van der Waals surface area contributed by atoms with Gasteiger partial charge in [-0.2, -0.15) is 11.3 Å². The summed E-state index contributed by atoms with van der Waals surface area (Å²) >= 11 is 1.59. The molecule has 0 fully saturated rings. The minimum atomic E-state index is -0.162. The van der Waals surface area contributed by atoms with Crippen LogP contribution >= 0.6 is 11.3 Å². The second-order valence-corrected chi connectivity index (χ2v) is 5.88. The third-order valence-electron chi connectivity index (χ3n) is 3.48. The van der Waals surface area contributed by atoms with Gasteiger partial charge in [-0.25, -0.2) is 0 Å². The van der Waals surface area contributed by atoms with Gasteiger partial charge in [-0.05, 0) is 47.9 Å². The Morgan fingerprint density at radius 1 is 1.43 bits per heavy atom. The van der Waals surface area contributed by atoms with Crippen molar-refractivity contribution in [2.75, 3.05) is 13.2 Å². The van der Waals surface area contributed by atoms with Crippen LogP contribution in [0.5, 0.6) is 0 Å². The van der Waals surface area contributed by atoms with Crippen LogP contribution in [0.4, 0.5) is 0 Å². The van der Waals surface area contributed by atoms with Crippen molar-refractivity contribution >= 4 is 17.2 Å². The maximum absolute atomic E-state index is 12.1. The van der Waals surface area contributed by atoms with Crippen LogP contribution in [0.15, 0.2) is 41.2 Å². The largest absolute Gasteiger partial charge is 0.396 e. The Labute approximate surface area is 128 Å². The van der Waals surface area contributed by atoms with Crippen molar-refractivity contribution in [1.29, 1.82) is 0 Å². The van der Waals surface area contributed by atoms with E-state index in [1.54, 1.807) is 17.5 Å². The van der Waals surface area contributed by atoms with E-state index in [1.165, 1.54) is 0 Å². The van der Waals surface area contributed by atoms with Gasteiger partial charge in [-0.3, -0.25) is 9.78 Å². The van der Waals surface area contributed by atoms with Gasteiger partial charge in [0.2, 0.25) is 5.91 Å². The lowest BCUT2D eigenvalue weighted by molar-refractivity contribution is -0.122. The number of aliphatic hydroxyl groups is 1. The van der Waals surface area contributed by atoms with E-state index in [-0.39, 0.29) is 24.3 Å². The highest BCUT2D eigenvalue weighted by Crippen LogP contribution is 2.18. The summed E-state index contributed by atoms with van der Waals surface area (Å²) in [6.45, 7) is 2.38. The van der Waals surface area contributed by atoms with Crippen molar-refractivity contribution in [3.63, 3.8) is 0 Å². The first-order chi connectivity index (χ1) is 10.2. The average Bonchev–Trinajstić information content (AvgIpc) is 3.05. The molecule has 0 radical (unpaired) electrons. The number of carbonyl (C=O) groups is 1. The number of aliphatic hydroxyl groups excluding tert-OH is 1. The Hall–Kier alpha value is -1.72. The number of pyridine rings is 1. The molecule has 21 heavy (non-hydrogen) atoms. The number of carbonyl (C=O) groups excluding carboxylic acids is 1. The number of hydrogen-bond donors (Lipinski definition) is 2. The van der Waals surface area contributed by atoms with E-state index in [4.69, 9.17) is 0 Å². The maximum atomic E-state index is 12.1. The monoisotopic (exact) mass is 304 g/mol. The summed E-state index contributed by atoms with van der Waals surface area (Å²) in [5.41, 5.74) is 1.96. The quantitative estimate of drug-likeness (QED) is 0.824. The summed E-state index contributed by atoms with van der Waals surface area (Å²) in [5.74, 6) is -0.183. The van der Waals surface area contributed by atoms with Crippen LogP contribution < -0.4 is 5.32 Å². The molecule has 0 saturated carbocycles. The molecule has 5 heteroatoms. The third kappa shape index (κ3) is 4.65. The van der Waals surface area contributed by atoms with Crippen molar-refractivity contribution in [3.05, 3.63) is 52.5 Å². The molecule has 0 spiro atoms. The fourth-order valence-electron chi connectivity index (χ4n) is 2.09. The Kier molecular flexibility index (Phi) is 5.90. The molecule has 0 bridgehead atoms. The first kappa shape index (κ1) is 15.7. The average molecular weight is 304 g/mol. The second kappa shape index (κ2) is 7.90. The minimum absolute atomic E-state index is 0.00660. The van der Waals surface area contributed by atoms with Crippen LogP contribution in [0.3, 0.4) is 0 Å². The molecular weight excluding hydrogens is 284 g/mol. The number of hydrogen-bond acceptors (Lipinski definition) is 4. The van der Waals surface area contributed by atoms with E-state index >= 15 is 0 Å². The highest BCUT2D eigenvalue weighted by Gasteiger charge is 2.17. The zero-order valence-corrected chi connectivity index (χ0v) is 12.8. The number of aromatic nitrogens is 1. The zero-order chi connectivity index (χ0) is 15.1. The predicted molar refractivity (Wildman–Crippen MR) is 84.3 cm³/mol. The summed E-state index contributed by atoms with van der Waals surface area (Å²) in [6, 6.07) is 7.68. The molecule has 2 unspecified atom stereocenters. The molecule has 112 valence electrons. The summed E-state index contributed by atoms with van der Waals surface area (Å²) in [7, 11) is 0. The van der Waals surface area contributed by atoms with Gasteiger partial charge in [0.15, 0.2) is 0 Å². The van der Waals surface area contributed by atoms with Crippen LogP contribution in [0.2, 0.25) is 0 Å². The Morgan fingerprint density at radius 3 is 2.90 bits per heavy atom. The summed E-state index contributed by atoms with van der Waals surface area (Å²) in [5, 5.41) is 16.3. The van der Waals surface area contributed by atoms with Crippen LogP contribution in [0.25, 0.3) is 0 Å². The highest BCUT2D eigenvalue weighted by molar-refractivity contribution is 7.08. The van der Waals surface area contributed by atoms with Crippen molar-refractivity contribution in [2.45, 2.75) is 19.3 Å². The molecule has 2 rings (SSSR count). The lowest BCUT2D eigenvalue weighted by atomic mass is 10.0. The van der Waals surface area contributed by atoms with E-state index in [0.29, 0.717) is 13.0 Å². The summed E-state index contributed by atoms with van der Waals surface area (Å²) in [4.78, 5) is 16.4. The molecule has 0 saturated heterocycles. The molecule has 0 aliphatic rings.